The van der Waals surface area contributed by atoms with Gasteiger partial charge in [0, 0.05) is 12.4 Å². The number of rotatable bonds is 2. The Morgan fingerprint density at radius 3 is 2.68 bits per heavy atom. The normalized spacial score (nSPS) is 10.8. The molecule has 0 saturated heterocycles. The van der Waals surface area contributed by atoms with Crippen LogP contribution in [0, 0.1) is 0 Å². The van der Waals surface area contributed by atoms with Crippen LogP contribution in [0.5, 0.6) is 5.88 Å². The Labute approximate surface area is 109 Å². The van der Waals surface area contributed by atoms with Gasteiger partial charge in [-0.2, -0.15) is 4.98 Å². The summed E-state index contributed by atoms with van der Waals surface area (Å²) in [5, 5.41) is 5.26. The van der Waals surface area contributed by atoms with Crippen LogP contribution in [0.2, 0.25) is 0 Å². The summed E-state index contributed by atoms with van der Waals surface area (Å²) in [6.07, 6.45) is 0. The lowest BCUT2D eigenvalue weighted by Crippen LogP contribution is -1.97. The molecule has 0 aliphatic heterocycles. The van der Waals surface area contributed by atoms with E-state index in [9.17, 15) is 0 Å². The van der Waals surface area contributed by atoms with Crippen molar-refractivity contribution in [3.05, 3.63) is 30.3 Å². The molecule has 0 unspecified atom stereocenters. The summed E-state index contributed by atoms with van der Waals surface area (Å²) in [5.74, 6) is 1.35. The van der Waals surface area contributed by atoms with E-state index < -0.39 is 0 Å². The van der Waals surface area contributed by atoms with E-state index in [1.54, 1.807) is 14.2 Å². The first-order valence-corrected chi connectivity index (χ1v) is 5.79. The maximum atomic E-state index is 5.71. The number of ether oxygens (including phenoxy) is 1. The van der Waals surface area contributed by atoms with Crippen molar-refractivity contribution in [2.24, 2.45) is 7.05 Å². The fraction of sp³-hybridized carbons (Fsp3) is 0.154. The number of anilines is 1. The molecule has 0 bridgehead atoms. The highest BCUT2D eigenvalue weighted by Gasteiger charge is 2.14. The maximum Gasteiger partial charge on any atom is 0.225 e. The predicted octanol–water partition coefficient (Wildman–Crippen LogP) is 1.62. The van der Waals surface area contributed by atoms with E-state index >= 15 is 0 Å². The number of nitrogens with two attached hydrogens (primary N) is 1. The summed E-state index contributed by atoms with van der Waals surface area (Å²) in [6.45, 7) is 0. The molecule has 0 saturated carbocycles. The van der Waals surface area contributed by atoms with Gasteiger partial charge < -0.3 is 10.5 Å². The second-order valence-electron chi connectivity index (χ2n) is 4.16. The number of aromatic nitrogens is 4. The Bertz CT molecular complexity index is 730. The van der Waals surface area contributed by atoms with Crippen molar-refractivity contribution >= 4 is 16.9 Å². The molecule has 19 heavy (non-hydrogen) atoms. The van der Waals surface area contributed by atoms with E-state index in [-0.39, 0.29) is 0 Å². The van der Waals surface area contributed by atoms with Crippen LogP contribution in [0.4, 0.5) is 5.95 Å². The summed E-state index contributed by atoms with van der Waals surface area (Å²) in [6, 6.07) is 9.77. The number of nitrogen functional groups attached to an aromatic ring is 1. The van der Waals surface area contributed by atoms with Gasteiger partial charge in [-0.1, -0.05) is 18.2 Å². The summed E-state index contributed by atoms with van der Waals surface area (Å²) >= 11 is 0. The van der Waals surface area contributed by atoms with Crippen LogP contribution < -0.4 is 10.5 Å². The van der Waals surface area contributed by atoms with E-state index in [1.165, 1.54) is 4.68 Å². The smallest absolute Gasteiger partial charge is 0.225 e. The van der Waals surface area contributed by atoms with E-state index in [4.69, 9.17) is 10.5 Å². The monoisotopic (exact) mass is 255 g/mol. The van der Waals surface area contributed by atoms with E-state index in [1.807, 2.05) is 30.3 Å². The van der Waals surface area contributed by atoms with E-state index in [0.29, 0.717) is 17.7 Å². The van der Waals surface area contributed by atoms with Gasteiger partial charge in [0.25, 0.3) is 0 Å². The van der Waals surface area contributed by atoms with Gasteiger partial charge in [0.05, 0.1) is 18.2 Å². The number of para-hydroxylation sites is 1. The van der Waals surface area contributed by atoms with Crippen molar-refractivity contribution in [3.63, 3.8) is 0 Å². The molecule has 0 radical (unpaired) electrons. The minimum Gasteiger partial charge on any atom is -0.480 e. The first-order valence-electron chi connectivity index (χ1n) is 5.79. The second kappa shape index (κ2) is 4.24. The molecule has 3 rings (SSSR count). The highest BCUT2D eigenvalue weighted by atomic mass is 16.5. The van der Waals surface area contributed by atoms with Gasteiger partial charge in [0.2, 0.25) is 11.8 Å². The van der Waals surface area contributed by atoms with Crippen molar-refractivity contribution < 1.29 is 4.74 Å². The van der Waals surface area contributed by atoms with Gasteiger partial charge in [-0.15, -0.1) is 5.10 Å². The molecule has 0 aliphatic rings. The van der Waals surface area contributed by atoms with Gasteiger partial charge in [-0.25, -0.2) is 9.67 Å². The highest BCUT2D eigenvalue weighted by Crippen LogP contribution is 2.29. The van der Waals surface area contributed by atoms with Gasteiger partial charge in [0.1, 0.15) is 0 Å². The minimum atomic E-state index is 0.352. The van der Waals surface area contributed by atoms with E-state index in [2.05, 4.69) is 15.1 Å². The molecule has 0 amide bonds. The fourth-order valence-electron chi connectivity index (χ4n) is 1.92. The number of benzene rings is 1. The third-order valence-electron chi connectivity index (χ3n) is 2.92. The summed E-state index contributed by atoms with van der Waals surface area (Å²) in [7, 11) is 3.32. The molecule has 1 aromatic carbocycles. The molecule has 0 atom stereocenters. The molecule has 0 aliphatic carbocycles. The van der Waals surface area contributed by atoms with Crippen molar-refractivity contribution in [1.29, 1.82) is 0 Å². The molecule has 3 aromatic rings. The Balaban J connectivity index is 2.26. The zero-order chi connectivity index (χ0) is 13.4. The lowest BCUT2D eigenvalue weighted by molar-refractivity contribution is 0.401. The van der Waals surface area contributed by atoms with Crippen LogP contribution in [-0.2, 0) is 7.05 Å². The largest absolute Gasteiger partial charge is 0.480 e. The lowest BCUT2D eigenvalue weighted by atomic mass is 10.1. The standard InChI is InChI=1S/C13H13N5O/c1-18-13(14)16-11(17-18)9-7-8-5-3-4-6-10(8)15-12(9)19-2/h3-7H,1-2H3,(H2,14,16,17). The summed E-state index contributed by atoms with van der Waals surface area (Å²) in [4.78, 5) is 8.66. The molecule has 96 valence electrons. The zero-order valence-electron chi connectivity index (χ0n) is 10.7. The minimum absolute atomic E-state index is 0.352. The first kappa shape index (κ1) is 11.5. The van der Waals surface area contributed by atoms with Crippen molar-refractivity contribution in [3.8, 4) is 17.3 Å². The molecule has 2 heterocycles. The Kier molecular flexibility index (Phi) is 2.56. The maximum absolute atomic E-state index is 5.71. The van der Waals surface area contributed by atoms with E-state index in [0.717, 1.165) is 16.5 Å². The molecule has 6 heteroatoms. The van der Waals surface area contributed by atoms with Crippen LogP contribution in [-0.4, -0.2) is 26.9 Å². The molecule has 2 aromatic heterocycles. The molecular weight excluding hydrogens is 242 g/mol. The third-order valence-corrected chi connectivity index (χ3v) is 2.92. The van der Waals surface area contributed by atoms with Crippen LogP contribution in [0.3, 0.4) is 0 Å². The van der Waals surface area contributed by atoms with Gasteiger partial charge in [0.15, 0.2) is 5.82 Å². The highest BCUT2D eigenvalue weighted by molar-refractivity contribution is 5.84. The van der Waals surface area contributed by atoms with Crippen LogP contribution in [0.25, 0.3) is 22.3 Å². The number of aryl methyl sites for hydroxylation is 1. The van der Waals surface area contributed by atoms with Gasteiger partial charge in [-0.05, 0) is 12.1 Å². The molecule has 6 nitrogen and oxygen atoms in total. The Morgan fingerprint density at radius 2 is 2.00 bits per heavy atom. The number of fused-ring (bicyclic) bond motifs is 1. The topological polar surface area (TPSA) is 78.9 Å². The number of pyridine rings is 1. The third kappa shape index (κ3) is 1.87. The van der Waals surface area contributed by atoms with Crippen LogP contribution in [0.15, 0.2) is 30.3 Å². The number of hydrogen-bond donors (Lipinski definition) is 1. The Hall–Kier alpha value is -2.63. The van der Waals surface area contributed by atoms with Crippen molar-refractivity contribution in [1.82, 2.24) is 19.7 Å². The molecule has 2 N–H and O–H groups in total. The van der Waals surface area contributed by atoms with Gasteiger partial charge >= 0.3 is 0 Å². The SMILES string of the molecule is COc1nc2ccccc2cc1-c1nc(N)n(C)n1. The summed E-state index contributed by atoms with van der Waals surface area (Å²) < 4.78 is 6.83. The second-order valence-corrected chi connectivity index (χ2v) is 4.16. The molecular formula is C13H13N5O. The van der Waals surface area contributed by atoms with Crippen LogP contribution >= 0.6 is 0 Å². The fourth-order valence-corrected chi connectivity index (χ4v) is 1.92. The lowest BCUT2D eigenvalue weighted by Gasteiger charge is -2.06. The number of methoxy groups -OCH3 is 1. The predicted molar refractivity (Wildman–Crippen MR) is 72.7 cm³/mol. The number of nitrogens with zero attached hydrogens (tertiary/aromatic N) is 4. The summed E-state index contributed by atoms with van der Waals surface area (Å²) in [5.41, 5.74) is 7.31. The van der Waals surface area contributed by atoms with Crippen molar-refractivity contribution in [2.45, 2.75) is 0 Å². The first-order chi connectivity index (χ1) is 9.19. The number of hydrogen-bond acceptors (Lipinski definition) is 5. The Morgan fingerprint density at radius 1 is 1.21 bits per heavy atom. The average Bonchev–Trinajstić information content (AvgIpc) is 2.77. The van der Waals surface area contributed by atoms with Crippen LogP contribution in [0.1, 0.15) is 0 Å². The average molecular weight is 255 g/mol. The molecule has 0 spiro atoms. The van der Waals surface area contributed by atoms with Gasteiger partial charge in [-0.3, -0.25) is 0 Å². The van der Waals surface area contributed by atoms with Crippen molar-refractivity contribution in [2.75, 3.05) is 12.8 Å². The zero-order valence-corrected chi connectivity index (χ0v) is 10.7. The molecule has 0 fully saturated rings. The quantitative estimate of drug-likeness (QED) is 0.752.